The molecule has 0 nitrogen and oxygen atoms in total. The van der Waals surface area contributed by atoms with Crippen LogP contribution in [0.15, 0.2) is 0 Å². The van der Waals surface area contributed by atoms with E-state index in [1.165, 1.54) is 25.7 Å². The van der Waals surface area contributed by atoms with E-state index in [2.05, 4.69) is 20.8 Å². The average Bonchev–Trinajstić information content (AvgIpc) is 2.24. The third-order valence-electron chi connectivity index (χ3n) is 5.30. The van der Waals surface area contributed by atoms with Crippen LogP contribution in [0.2, 0.25) is 0 Å². The van der Waals surface area contributed by atoms with E-state index in [4.69, 9.17) is 0 Å². The van der Waals surface area contributed by atoms with Crippen LogP contribution >= 0.6 is 0 Å². The summed E-state index contributed by atoms with van der Waals surface area (Å²) in [7, 11) is 0. The van der Waals surface area contributed by atoms with Gasteiger partial charge in [0.15, 0.2) is 0 Å². The van der Waals surface area contributed by atoms with Crippen molar-refractivity contribution in [3.63, 3.8) is 0 Å². The average molecular weight is 208 g/mol. The molecule has 88 valence electrons. The van der Waals surface area contributed by atoms with Gasteiger partial charge in [0.2, 0.25) is 0 Å². The molecule has 0 radical (unpaired) electrons. The first kappa shape index (κ1) is 11.5. The van der Waals surface area contributed by atoms with E-state index in [1.54, 1.807) is 19.3 Å². The zero-order chi connectivity index (χ0) is 10.8. The van der Waals surface area contributed by atoms with Gasteiger partial charge in [-0.3, -0.25) is 0 Å². The SMILES string of the molecule is CCCCC1CCC2CC1C(C)CC2C. The van der Waals surface area contributed by atoms with Gasteiger partial charge in [-0.05, 0) is 55.3 Å². The Kier molecular flexibility index (Phi) is 3.74. The van der Waals surface area contributed by atoms with E-state index in [0.717, 1.165) is 29.6 Å². The van der Waals surface area contributed by atoms with Crippen LogP contribution in [0.4, 0.5) is 0 Å². The van der Waals surface area contributed by atoms with Crippen molar-refractivity contribution >= 4 is 0 Å². The maximum Gasteiger partial charge on any atom is -0.0357 e. The summed E-state index contributed by atoms with van der Waals surface area (Å²) < 4.78 is 0. The van der Waals surface area contributed by atoms with E-state index >= 15 is 0 Å². The molecule has 2 aliphatic rings. The van der Waals surface area contributed by atoms with Crippen LogP contribution in [-0.4, -0.2) is 0 Å². The normalized spacial score (nSPS) is 45.4. The Morgan fingerprint density at radius 2 is 1.80 bits per heavy atom. The minimum Gasteiger partial charge on any atom is -0.0654 e. The number of hydrogen-bond acceptors (Lipinski definition) is 0. The Bertz CT molecular complexity index is 196. The molecule has 0 aliphatic heterocycles. The molecule has 2 aliphatic carbocycles. The molecule has 2 fully saturated rings. The van der Waals surface area contributed by atoms with E-state index in [9.17, 15) is 0 Å². The lowest BCUT2D eigenvalue weighted by molar-refractivity contribution is 0.0312. The van der Waals surface area contributed by atoms with Gasteiger partial charge in [0.25, 0.3) is 0 Å². The van der Waals surface area contributed by atoms with Crippen molar-refractivity contribution in [1.29, 1.82) is 0 Å². The summed E-state index contributed by atoms with van der Waals surface area (Å²) in [4.78, 5) is 0. The van der Waals surface area contributed by atoms with Crippen LogP contribution in [0, 0.1) is 29.6 Å². The van der Waals surface area contributed by atoms with Crippen molar-refractivity contribution in [3.05, 3.63) is 0 Å². The second-order valence-electron chi connectivity index (χ2n) is 6.33. The Balaban J connectivity index is 1.94. The molecule has 0 aromatic carbocycles. The second kappa shape index (κ2) is 4.89. The summed E-state index contributed by atoms with van der Waals surface area (Å²) in [5.74, 6) is 5.29. The van der Waals surface area contributed by atoms with E-state index in [1.807, 2.05) is 0 Å². The fourth-order valence-electron chi connectivity index (χ4n) is 4.29. The maximum absolute atomic E-state index is 2.52. The molecular weight excluding hydrogens is 180 g/mol. The number of fused-ring (bicyclic) bond motifs is 2. The molecule has 0 spiro atoms. The summed E-state index contributed by atoms with van der Waals surface area (Å²) in [6.45, 7) is 7.34. The number of hydrogen-bond donors (Lipinski definition) is 0. The summed E-state index contributed by atoms with van der Waals surface area (Å²) in [5.41, 5.74) is 0. The fourth-order valence-corrected chi connectivity index (χ4v) is 4.29. The minimum absolute atomic E-state index is 1.01. The highest BCUT2D eigenvalue weighted by Crippen LogP contribution is 2.49. The van der Waals surface area contributed by atoms with Gasteiger partial charge in [-0.2, -0.15) is 0 Å². The number of unbranched alkanes of at least 4 members (excludes halogenated alkanes) is 1. The molecule has 0 amide bonds. The summed E-state index contributed by atoms with van der Waals surface area (Å²) >= 11 is 0. The van der Waals surface area contributed by atoms with Crippen LogP contribution in [-0.2, 0) is 0 Å². The summed E-state index contributed by atoms with van der Waals surface area (Å²) in [6, 6.07) is 0. The lowest BCUT2D eigenvalue weighted by Gasteiger charge is -2.47. The summed E-state index contributed by atoms with van der Waals surface area (Å²) in [6.07, 6.45) is 10.5. The van der Waals surface area contributed by atoms with Gasteiger partial charge in [-0.15, -0.1) is 0 Å². The van der Waals surface area contributed by atoms with Crippen LogP contribution in [0.5, 0.6) is 0 Å². The fraction of sp³-hybridized carbons (Fsp3) is 1.00. The third-order valence-corrected chi connectivity index (χ3v) is 5.30. The van der Waals surface area contributed by atoms with E-state index in [-0.39, 0.29) is 0 Å². The quantitative estimate of drug-likeness (QED) is 0.620. The second-order valence-corrected chi connectivity index (χ2v) is 6.33. The highest BCUT2D eigenvalue weighted by Gasteiger charge is 2.39. The molecule has 0 heteroatoms. The van der Waals surface area contributed by atoms with Crippen molar-refractivity contribution in [2.75, 3.05) is 0 Å². The minimum atomic E-state index is 1.01. The van der Waals surface area contributed by atoms with Crippen molar-refractivity contribution in [1.82, 2.24) is 0 Å². The van der Waals surface area contributed by atoms with Gasteiger partial charge in [0.1, 0.15) is 0 Å². The van der Waals surface area contributed by atoms with Gasteiger partial charge < -0.3 is 0 Å². The zero-order valence-corrected chi connectivity index (χ0v) is 10.8. The van der Waals surface area contributed by atoms with Crippen LogP contribution in [0.25, 0.3) is 0 Å². The molecule has 15 heavy (non-hydrogen) atoms. The van der Waals surface area contributed by atoms with Crippen molar-refractivity contribution in [3.8, 4) is 0 Å². The first-order valence-corrected chi connectivity index (χ1v) is 7.22. The predicted molar refractivity (Wildman–Crippen MR) is 66.8 cm³/mol. The first-order chi connectivity index (χ1) is 7.22. The topological polar surface area (TPSA) is 0 Å². The standard InChI is InChI=1S/C15H28/c1-4-5-6-13-7-8-14-10-15(13)12(3)9-11(14)2/h11-15H,4-10H2,1-3H3. The van der Waals surface area contributed by atoms with Gasteiger partial charge in [0, 0.05) is 0 Å². The third kappa shape index (κ3) is 2.40. The lowest BCUT2D eigenvalue weighted by Crippen LogP contribution is -2.38. The Morgan fingerprint density at radius 3 is 2.53 bits per heavy atom. The molecule has 0 aromatic rings. The van der Waals surface area contributed by atoms with Crippen LogP contribution < -0.4 is 0 Å². The molecule has 5 atom stereocenters. The number of rotatable bonds is 3. The molecule has 0 saturated heterocycles. The first-order valence-electron chi connectivity index (χ1n) is 7.22. The van der Waals surface area contributed by atoms with Gasteiger partial charge in [-0.25, -0.2) is 0 Å². The van der Waals surface area contributed by atoms with Crippen LogP contribution in [0.1, 0.15) is 65.7 Å². The van der Waals surface area contributed by atoms with Gasteiger partial charge in [-0.1, -0.05) is 40.0 Å². The molecule has 2 bridgehead atoms. The molecule has 5 unspecified atom stereocenters. The lowest BCUT2D eigenvalue weighted by atomic mass is 9.58. The zero-order valence-electron chi connectivity index (χ0n) is 10.8. The largest absolute Gasteiger partial charge is 0.0654 e. The highest BCUT2D eigenvalue weighted by molar-refractivity contribution is 4.90. The van der Waals surface area contributed by atoms with Crippen molar-refractivity contribution in [2.24, 2.45) is 29.6 Å². The molecule has 2 saturated carbocycles. The van der Waals surface area contributed by atoms with E-state index in [0.29, 0.717) is 0 Å². The van der Waals surface area contributed by atoms with Crippen molar-refractivity contribution in [2.45, 2.75) is 65.7 Å². The Morgan fingerprint density at radius 1 is 1.00 bits per heavy atom. The molecule has 2 rings (SSSR count). The van der Waals surface area contributed by atoms with Crippen molar-refractivity contribution < 1.29 is 0 Å². The smallest absolute Gasteiger partial charge is 0.0357 e. The molecule has 0 N–H and O–H groups in total. The highest BCUT2D eigenvalue weighted by atomic mass is 14.4. The Hall–Kier alpha value is 0. The monoisotopic (exact) mass is 208 g/mol. The molecule has 0 heterocycles. The summed E-state index contributed by atoms with van der Waals surface area (Å²) in [5, 5.41) is 0. The van der Waals surface area contributed by atoms with E-state index < -0.39 is 0 Å². The van der Waals surface area contributed by atoms with Gasteiger partial charge in [0.05, 0.1) is 0 Å². The maximum atomic E-state index is 2.52. The predicted octanol–water partition coefficient (Wildman–Crippen LogP) is 4.89. The molecule has 0 aromatic heterocycles. The van der Waals surface area contributed by atoms with Crippen LogP contribution in [0.3, 0.4) is 0 Å². The Labute approximate surface area is 95.8 Å². The van der Waals surface area contributed by atoms with Gasteiger partial charge >= 0.3 is 0 Å². The molecular formula is C15H28.